The summed E-state index contributed by atoms with van der Waals surface area (Å²) in [6.45, 7) is 8.36. The van der Waals surface area contributed by atoms with Gasteiger partial charge in [-0.15, -0.1) is 0 Å². The Morgan fingerprint density at radius 2 is 1.83 bits per heavy atom. The van der Waals surface area contributed by atoms with Crippen molar-refractivity contribution in [1.82, 2.24) is 20.4 Å². The molecule has 2 amide bonds. The van der Waals surface area contributed by atoms with Gasteiger partial charge in [0.25, 0.3) is 0 Å². The van der Waals surface area contributed by atoms with Gasteiger partial charge < -0.3 is 39.8 Å². The lowest BCUT2D eigenvalue weighted by molar-refractivity contribution is -0.172. The molecule has 4 N–H and O–H groups in total. The van der Waals surface area contributed by atoms with Crippen LogP contribution in [-0.4, -0.2) is 89.6 Å². The standard InChI is InChI=1S/C33H42N4O9/c1-8-23(39)35-16(4)32(41)34-12-22-25-19(29(46-17(5)38)15(3)30-31(25)45-13-44-30)11-20-26-24-18(9-14(2)28(43-7)27(24)40)10-21(36(26)6)33(42)37(20)22/h9,16,20-22,26,33,40,42H,8,10-13H2,1-7H3,(H,34,41)(H,35,39)/t16-,20?,21?,22-,26?,33-/m0/s1. The van der Waals surface area contributed by atoms with Gasteiger partial charge in [-0.05, 0) is 51.8 Å². The molecule has 0 aromatic heterocycles. The van der Waals surface area contributed by atoms with Crippen molar-refractivity contribution >= 4 is 17.8 Å². The lowest BCUT2D eigenvalue weighted by Crippen LogP contribution is -2.69. The fraction of sp³-hybridized carbons (Fsp3) is 0.545. The molecule has 0 radical (unpaired) electrons. The van der Waals surface area contributed by atoms with Crippen molar-refractivity contribution in [3.05, 3.63) is 39.4 Å². The van der Waals surface area contributed by atoms with Crippen molar-refractivity contribution < 1.29 is 43.5 Å². The van der Waals surface area contributed by atoms with Crippen LogP contribution in [0.5, 0.6) is 28.7 Å². The molecule has 3 unspecified atom stereocenters. The van der Waals surface area contributed by atoms with Crippen LogP contribution in [0.4, 0.5) is 0 Å². The number of likely N-dealkylation sites (N-methyl/N-ethyl adjacent to an activating group) is 1. The number of aliphatic hydroxyl groups excluding tert-OH is 1. The number of amides is 2. The van der Waals surface area contributed by atoms with E-state index < -0.39 is 42.3 Å². The van der Waals surface area contributed by atoms with Gasteiger partial charge in [0.05, 0.1) is 25.2 Å². The number of hydrogen-bond donors (Lipinski definition) is 4. The maximum absolute atomic E-state index is 13.3. The van der Waals surface area contributed by atoms with Crippen molar-refractivity contribution in [3.63, 3.8) is 0 Å². The van der Waals surface area contributed by atoms with E-state index in [-0.39, 0.29) is 37.5 Å². The van der Waals surface area contributed by atoms with Crippen LogP contribution in [0.2, 0.25) is 0 Å². The molecule has 0 saturated carbocycles. The minimum atomic E-state index is -0.979. The minimum absolute atomic E-state index is 0.0360. The number of aliphatic hydroxyl groups is 1. The number of ether oxygens (including phenoxy) is 4. The van der Waals surface area contributed by atoms with Crippen LogP contribution in [0.25, 0.3) is 0 Å². The first kappa shape index (κ1) is 31.9. The molecule has 1 fully saturated rings. The van der Waals surface area contributed by atoms with Gasteiger partial charge in [0.1, 0.15) is 18.0 Å². The number of fused-ring (bicyclic) bond motifs is 9. The summed E-state index contributed by atoms with van der Waals surface area (Å²) < 4.78 is 23.3. The largest absolute Gasteiger partial charge is 0.504 e. The quantitative estimate of drug-likeness (QED) is 0.259. The zero-order chi connectivity index (χ0) is 33.2. The number of rotatable bonds is 7. The topological polar surface area (TPSA) is 159 Å². The Hall–Kier alpha value is -4.07. The molecule has 1 saturated heterocycles. The molecule has 6 rings (SSSR count). The molecule has 2 aromatic rings. The summed E-state index contributed by atoms with van der Waals surface area (Å²) in [5.41, 5.74) is 4.42. The lowest BCUT2D eigenvalue weighted by atomic mass is 9.73. The highest BCUT2D eigenvalue weighted by molar-refractivity contribution is 5.87. The van der Waals surface area contributed by atoms with Gasteiger partial charge in [0, 0.05) is 48.2 Å². The first-order valence-corrected chi connectivity index (χ1v) is 15.7. The molecule has 4 heterocycles. The average molecular weight is 639 g/mol. The third-order valence-corrected chi connectivity index (χ3v) is 9.90. The highest BCUT2D eigenvalue weighted by atomic mass is 16.7. The zero-order valence-corrected chi connectivity index (χ0v) is 27.2. The highest BCUT2D eigenvalue weighted by Crippen LogP contribution is 2.58. The molecule has 0 aliphatic carbocycles. The third-order valence-electron chi connectivity index (χ3n) is 9.90. The number of phenols is 1. The Morgan fingerprint density at radius 1 is 1.11 bits per heavy atom. The Kier molecular flexibility index (Phi) is 8.28. The zero-order valence-electron chi connectivity index (χ0n) is 27.2. The summed E-state index contributed by atoms with van der Waals surface area (Å²) in [4.78, 5) is 41.8. The second-order valence-corrected chi connectivity index (χ2v) is 12.6. The molecular formula is C33H42N4O9. The molecule has 13 heteroatoms. The SMILES string of the molecule is CCC(=O)N[C@@H](C)C(=O)NC[C@H]1c2c(c(OC(C)=O)c(C)c3c2OCO3)CC2C3c4c(cc(C)c(OC)c4O)CC([C@H](O)N21)N3C. The van der Waals surface area contributed by atoms with E-state index in [9.17, 15) is 24.6 Å². The molecule has 2 bridgehead atoms. The van der Waals surface area contributed by atoms with E-state index in [1.807, 2.05) is 24.9 Å². The van der Waals surface area contributed by atoms with Crippen LogP contribution in [0.3, 0.4) is 0 Å². The number of carbonyl (C=O) groups excluding carboxylic acids is 3. The number of aryl methyl sites for hydroxylation is 1. The third kappa shape index (κ3) is 4.92. The summed E-state index contributed by atoms with van der Waals surface area (Å²) in [6, 6.07) is -0.599. The van der Waals surface area contributed by atoms with Crippen LogP contribution in [-0.2, 0) is 27.2 Å². The Labute approximate surface area is 267 Å². The van der Waals surface area contributed by atoms with E-state index in [1.165, 1.54) is 14.0 Å². The predicted octanol–water partition coefficient (Wildman–Crippen LogP) is 1.90. The fourth-order valence-corrected chi connectivity index (χ4v) is 7.88. The molecule has 4 aliphatic rings. The van der Waals surface area contributed by atoms with E-state index >= 15 is 0 Å². The van der Waals surface area contributed by atoms with Crippen molar-refractivity contribution in [2.24, 2.45) is 0 Å². The fourth-order valence-electron chi connectivity index (χ4n) is 7.88. The number of nitrogens with one attached hydrogen (secondary N) is 2. The molecule has 0 spiro atoms. The monoisotopic (exact) mass is 638 g/mol. The molecule has 6 atom stereocenters. The number of carbonyl (C=O) groups is 3. The minimum Gasteiger partial charge on any atom is -0.504 e. The van der Waals surface area contributed by atoms with Gasteiger partial charge >= 0.3 is 5.97 Å². The Morgan fingerprint density at radius 3 is 2.50 bits per heavy atom. The van der Waals surface area contributed by atoms with Gasteiger partial charge in [-0.3, -0.25) is 24.2 Å². The molecule has 248 valence electrons. The van der Waals surface area contributed by atoms with E-state index in [0.717, 1.165) is 16.7 Å². The summed E-state index contributed by atoms with van der Waals surface area (Å²) in [7, 11) is 3.46. The highest BCUT2D eigenvalue weighted by Gasteiger charge is 2.56. The molecule has 4 aliphatic heterocycles. The van der Waals surface area contributed by atoms with Gasteiger partial charge in [-0.2, -0.15) is 0 Å². The number of esters is 1. The Balaban J connectivity index is 1.52. The van der Waals surface area contributed by atoms with E-state index in [1.54, 1.807) is 20.8 Å². The van der Waals surface area contributed by atoms with Gasteiger partial charge in [-0.25, -0.2) is 0 Å². The number of piperazine rings is 1. The maximum atomic E-state index is 13.3. The van der Waals surface area contributed by atoms with E-state index in [4.69, 9.17) is 18.9 Å². The molecule has 46 heavy (non-hydrogen) atoms. The predicted molar refractivity (Wildman–Crippen MR) is 165 cm³/mol. The van der Waals surface area contributed by atoms with Crippen LogP contribution in [0, 0.1) is 13.8 Å². The first-order valence-electron chi connectivity index (χ1n) is 15.7. The van der Waals surface area contributed by atoms with Crippen LogP contribution >= 0.6 is 0 Å². The number of hydrogen-bond acceptors (Lipinski definition) is 11. The van der Waals surface area contributed by atoms with Crippen LogP contribution < -0.4 is 29.6 Å². The first-order chi connectivity index (χ1) is 21.9. The van der Waals surface area contributed by atoms with Crippen LogP contribution in [0.15, 0.2) is 6.07 Å². The van der Waals surface area contributed by atoms with E-state index in [0.29, 0.717) is 52.5 Å². The lowest BCUT2D eigenvalue weighted by Gasteiger charge is -2.60. The Bertz CT molecular complexity index is 1610. The molecule has 13 nitrogen and oxygen atoms in total. The number of nitrogens with zero attached hydrogens (tertiary/aromatic N) is 2. The second-order valence-electron chi connectivity index (χ2n) is 12.6. The normalized spacial score (nSPS) is 25.1. The van der Waals surface area contributed by atoms with Crippen molar-refractivity contribution in [1.29, 1.82) is 0 Å². The van der Waals surface area contributed by atoms with E-state index in [2.05, 4.69) is 15.5 Å². The maximum Gasteiger partial charge on any atom is 0.308 e. The van der Waals surface area contributed by atoms with Gasteiger partial charge in [0.15, 0.2) is 23.0 Å². The van der Waals surface area contributed by atoms with Crippen molar-refractivity contribution in [2.45, 2.75) is 90.3 Å². The number of aromatic hydroxyl groups is 1. The molecular weight excluding hydrogens is 596 g/mol. The van der Waals surface area contributed by atoms with Crippen molar-refractivity contribution in [3.8, 4) is 28.7 Å². The number of phenolic OH excluding ortho intramolecular Hbond substituents is 1. The van der Waals surface area contributed by atoms with Crippen molar-refractivity contribution in [2.75, 3.05) is 27.5 Å². The van der Waals surface area contributed by atoms with Gasteiger partial charge in [-0.1, -0.05) is 13.0 Å². The summed E-state index contributed by atoms with van der Waals surface area (Å²) in [5.74, 6) is 0.589. The number of benzene rings is 2. The van der Waals surface area contributed by atoms with Gasteiger partial charge in [0.2, 0.25) is 18.6 Å². The van der Waals surface area contributed by atoms with Crippen LogP contribution in [0.1, 0.15) is 72.7 Å². The summed E-state index contributed by atoms with van der Waals surface area (Å²) in [5, 5.41) is 29.4. The summed E-state index contributed by atoms with van der Waals surface area (Å²) >= 11 is 0. The molecule has 2 aromatic carbocycles. The number of methoxy groups -OCH3 is 1. The second kappa shape index (κ2) is 11.9. The smallest absolute Gasteiger partial charge is 0.308 e. The average Bonchev–Trinajstić information content (AvgIpc) is 3.50. The summed E-state index contributed by atoms with van der Waals surface area (Å²) in [6.07, 6.45) is 0.0667.